The maximum Gasteiger partial charge on any atom is 0.195 e. The molecule has 6 aromatic carbocycles. The van der Waals surface area contributed by atoms with E-state index in [0.29, 0.717) is 11.5 Å². The summed E-state index contributed by atoms with van der Waals surface area (Å²) in [5, 5.41) is 0. The molecule has 222 valence electrons. The number of nitrogens with zero attached hydrogens (tertiary/aromatic N) is 3. The molecule has 1 aromatic heterocycles. The fourth-order valence-electron chi connectivity index (χ4n) is 6.84. The maximum absolute atomic E-state index is 7.81. The monoisotopic (exact) mass is 601 g/mol. The van der Waals surface area contributed by atoms with Crippen molar-refractivity contribution in [3.8, 4) is 67.3 Å². The molecule has 1 heterocycles. The number of benzene rings is 6. The maximum atomic E-state index is 7.81. The van der Waals surface area contributed by atoms with Crippen LogP contribution in [0.15, 0.2) is 152 Å². The molecule has 0 amide bonds. The van der Waals surface area contributed by atoms with Crippen molar-refractivity contribution in [2.45, 2.75) is 19.3 Å². The molecule has 0 radical (unpaired) electrons. The zero-order valence-electron chi connectivity index (χ0n) is 26.3. The molecule has 3 nitrogen and oxygen atoms in total. The number of hydrogen-bond donors (Lipinski definition) is 0. The molecule has 0 saturated carbocycles. The summed E-state index contributed by atoms with van der Waals surface area (Å²) in [6.45, 7) is 12.3. The second-order valence-corrected chi connectivity index (χ2v) is 12.5. The van der Waals surface area contributed by atoms with E-state index in [0.717, 1.165) is 61.5 Å². The average Bonchev–Trinajstić information content (AvgIpc) is 3.38. The summed E-state index contributed by atoms with van der Waals surface area (Å²) in [7, 11) is 0. The van der Waals surface area contributed by atoms with Crippen molar-refractivity contribution in [2.24, 2.45) is 0 Å². The minimum absolute atomic E-state index is 0.143. The number of fused-ring (bicyclic) bond motifs is 3. The van der Waals surface area contributed by atoms with Gasteiger partial charge in [-0.1, -0.05) is 147 Å². The van der Waals surface area contributed by atoms with Crippen molar-refractivity contribution < 1.29 is 0 Å². The van der Waals surface area contributed by atoms with E-state index < -0.39 is 0 Å². The van der Waals surface area contributed by atoms with Crippen LogP contribution in [0.4, 0.5) is 5.69 Å². The van der Waals surface area contributed by atoms with Crippen LogP contribution < -0.4 is 0 Å². The number of hydrogen-bond acceptors (Lipinski definition) is 2. The summed E-state index contributed by atoms with van der Waals surface area (Å²) < 4.78 is 0. The van der Waals surface area contributed by atoms with E-state index >= 15 is 0 Å². The van der Waals surface area contributed by atoms with Crippen molar-refractivity contribution in [3.05, 3.63) is 174 Å². The van der Waals surface area contributed by atoms with E-state index in [1.54, 1.807) is 0 Å². The van der Waals surface area contributed by atoms with Gasteiger partial charge in [0.1, 0.15) is 0 Å². The van der Waals surface area contributed by atoms with Gasteiger partial charge in [0.2, 0.25) is 0 Å². The van der Waals surface area contributed by atoms with E-state index in [4.69, 9.17) is 16.5 Å². The minimum atomic E-state index is -0.143. The third-order valence-electron chi connectivity index (χ3n) is 9.34. The van der Waals surface area contributed by atoms with Crippen molar-refractivity contribution >= 4 is 5.69 Å². The lowest BCUT2D eigenvalue weighted by atomic mass is 9.82. The Labute approximate surface area is 275 Å². The Balaban J connectivity index is 1.19. The van der Waals surface area contributed by atoms with Crippen molar-refractivity contribution in [3.63, 3.8) is 0 Å². The molecule has 3 heteroatoms. The Hall–Kier alpha value is -6.11. The van der Waals surface area contributed by atoms with Crippen LogP contribution in [0.3, 0.4) is 0 Å². The smallest absolute Gasteiger partial charge is 0.195 e. The van der Waals surface area contributed by atoms with Crippen LogP contribution in [0.1, 0.15) is 25.0 Å². The Morgan fingerprint density at radius 3 is 1.70 bits per heavy atom. The highest BCUT2D eigenvalue weighted by molar-refractivity contribution is 5.92. The highest BCUT2D eigenvalue weighted by Crippen LogP contribution is 2.53. The third-order valence-corrected chi connectivity index (χ3v) is 9.34. The van der Waals surface area contributed by atoms with Crippen LogP contribution in [0.2, 0.25) is 0 Å². The second-order valence-electron chi connectivity index (χ2n) is 12.5. The van der Waals surface area contributed by atoms with Gasteiger partial charge < -0.3 is 0 Å². The molecule has 0 aliphatic heterocycles. The standard InChI is InChI=1S/C44H31N3/c1-44(2)37-25-24-34(27-36(37)42-38(44)18-11-19-39(42)45-3)30-20-22-32(23-21-30)41-28-40(31-14-8-5-9-15-31)46-43(47-41)35-17-10-16-33(26-35)29-12-6-4-7-13-29/h4-28H,1-2H3. The Kier molecular flexibility index (Phi) is 6.85. The number of rotatable bonds is 5. The molecule has 0 fully saturated rings. The van der Waals surface area contributed by atoms with Gasteiger partial charge in [0, 0.05) is 22.1 Å². The summed E-state index contributed by atoms with van der Waals surface area (Å²) in [6.07, 6.45) is 0. The average molecular weight is 602 g/mol. The zero-order valence-corrected chi connectivity index (χ0v) is 26.3. The summed E-state index contributed by atoms with van der Waals surface area (Å²) in [5.41, 5.74) is 14.6. The highest BCUT2D eigenvalue weighted by atomic mass is 14.9. The minimum Gasteiger partial charge on any atom is -0.238 e. The van der Waals surface area contributed by atoms with Gasteiger partial charge >= 0.3 is 0 Å². The summed E-state index contributed by atoms with van der Waals surface area (Å²) in [5.74, 6) is 0.693. The SMILES string of the molecule is [C-]#[N+]c1cccc2c1-c1cc(-c3ccc(-c4cc(-c5ccccc5)nc(-c5cccc(-c6ccccc6)c5)n4)cc3)ccc1C2(C)C. The van der Waals surface area contributed by atoms with Gasteiger partial charge in [0.25, 0.3) is 0 Å². The molecule has 7 aromatic rings. The second kappa shape index (κ2) is 11.4. The summed E-state index contributed by atoms with van der Waals surface area (Å²) in [6, 6.07) is 52.6. The van der Waals surface area contributed by atoms with Crippen LogP contribution in [-0.2, 0) is 5.41 Å². The quantitative estimate of drug-likeness (QED) is 0.184. The third kappa shape index (κ3) is 5.01. The van der Waals surface area contributed by atoms with E-state index in [2.05, 4.69) is 134 Å². The van der Waals surface area contributed by atoms with E-state index in [1.807, 2.05) is 36.4 Å². The van der Waals surface area contributed by atoms with Crippen LogP contribution in [0, 0.1) is 6.57 Å². The molecule has 8 rings (SSSR count). The van der Waals surface area contributed by atoms with E-state index in [-0.39, 0.29) is 5.41 Å². The zero-order chi connectivity index (χ0) is 32.0. The predicted molar refractivity (Wildman–Crippen MR) is 193 cm³/mol. The lowest BCUT2D eigenvalue weighted by Gasteiger charge is -2.21. The van der Waals surface area contributed by atoms with Gasteiger partial charge in [0.15, 0.2) is 11.5 Å². The molecule has 47 heavy (non-hydrogen) atoms. The molecule has 0 N–H and O–H groups in total. The fourth-order valence-corrected chi connectivity index (χ4v) is 6.84. The van der Waals surface area contributed by atoms with Gasteiger partial charge in [-0.15, -0.1) is 0 Å². The van der Waals surface area contributed by atoms with Gasteiger partial charge in [-0.25, -0.2) is 14.8 Å². The first-order valence-electron chi connectivity index (χ1n) is 15.9. The van der Waals surface area contributed by atoms with Crippen LogP contribution in [-0.4, -0.2) is 9.97 Å². The van der Waals surface area contributed by atoms with Gasteiger partial charge in [-0.3, -0.25) is 0 Å². The first-order chi connectivity index (χ1) is 23.0. The number of aromatic nitrogens is 2. The first kappa shape index (κ1) is 28.4. The molecule has 1 aliphatic carbocycles. The fraction of sp³-hybridized carbons (Fsp3) is 0.0682. The Morgan fingerprint density at radius 1 is 0.468 bits per heavy atom. The molecule has 0 atom stereocenters. The predicted octanol–water partition coefficient (Wildman–Crippen LogP) is 11.7. The van der Waals surface area contributed by atoms with Gasteiger partial charge in [-0.2, -0.15) is 0 Å². The summed E-state index contributed by atoms with van der Waals surface area (Å²) in [4.78, 5) is 14.0. The molecule has 0 spiro atoms. The molecule has 0 unspecified atom stereocenters. The van der Waals surface area contributed by atoms with Crippen LogP contribution >= 0.6 is 0 Å². The van der Waals surface area contributed by atoms with Gasteiger partial charge in [0.05, 0.1) is 18.0 Å². The Morgan fingerprint density at radius 2 is 1.00 bits per heavy atom. The molecule has 0 bridgehead atoms. The molecular weight excluding hydrogens is 571 g/mol. The van der Waals surface area contributed by atoms with Crippen molar-refractivity contribution in [2.75, 3.05) is 0 Å². The molecule has 1 aliphatic rings. The highest BCUT2D eigenvalue weighted by Gasteiger charge is 2.36. The molecule has 0 saturated heterocycles. The largest absolute Gasteiger partial charge is 0.238 e. The molecular formula is C44H31N3. The topological polar surface area (TPSA) is 30.1 Å². The Bertz CT molecular complexity index is 2310. The van der Waals surface area contributed by atoms with Gasteiger partial charge in [-0.05, 0) is 62.7 Å². The van der Waals surface area contributed by atoms with E-state index in [1.165, 1.54) is 11.1 Å². The lowest BCUT2D eigenvalue weighted by molar-refractivity contribution is 0.660. The van der Waals surface area contributed by atoms with Crippen LogP contribution in [0.5, 0.6) is 0 Å². The van der Waals surface area contributed by atoms with E-state index in [9.17, 15) is 0 Å². The van der Waals surface area contributed by atoms with Crippen LogP contribution in [0.25, 0.3) is 72.1 Å². The summed E-state index contributed by atoms with van der Waals surface area (Å²) >= 11 is 0. The van der Waals surface area contributed by atoms with Crippen molar-refractivity contribution in [1.29, 1.82) is 0 Å². The first-order valence-corrected chi connectivity index (χ1v) is 15.9. The normalized spacial score (nSPS) is 12.6. The lowest BCUT2D eigenvalue weighted by Crippen LogP contribution is -2.14. The van der Waals surface area contributed by atoms with Crippen molar-refractivity contribution in [1.82, 2.24) is 9.97 Å².